The summed E-state index contributed by atoms with van der Waals surface area (Å²) in [4.78, 5) is 21.4. The zero-order valence-electron chi connectivity index (χ0n) is 9.15. The van der Waals surface area contributed by atoms with Crippen LogP contribution in [0.25, 0.3) is 0 Å². The number of carbonyl (C=O) groups is 2. The molecule has 6 heteroatoms. The second-order valence-corrected chi connectivity index (χ2v) is 5.26. The zero-order chi connectivity index (χ0) is 12.0. The molecule has 1 amide bonds. The fourth-order valence-electron chi connectivity index (χ4n) is 0.934. The lowest BCUT2D eigenvalue weighted by Gasteiger charge is -2.15. The molecule has 2 N–H and O–H groups in total. The van der Waals surface area contributed by atoms with Gasteiger partial charge in [-0.25, -0.2) is 4.79 Å². The van der Waals surface area contributed by atoms with Crippen LogP contribution in [-0.2, 0) is 20.4 Å². The van der Waals surface area contributed by atoms with Crippen LogP contribution in [0.2, 0.25) is 0 Å². The van der Waals surface area contributed by atoms with E-state index in [0.29, 0.717) is 0 Å². The molecule has 0 bridgehead atoms. The Balaban J connectivity index is 4.35. The van der Waals surface area contributed by atoms with Gasteiger partial charge in [0, 0.05) is 23.0 Å². The summed E-state index contributed by atoms with van der Waals surface area (Å²) in [5, 5.41) is 11.0. The Morgan fingerprint density at radius 1 is 1.47 bits per heavy atom. The third-order valence-electron chi connectivity index (χ3n) is 2.03. The molecule has 3 atom stereocenters. The lowest BCUT2D eigenvalue weighted by atomic mass is 10.3. The van der Waals surface area contributed by atoms with Crippen LogP contribution in [0.1, 0.15) is 27.2 Å². The number of nitrogens with one attached hydrogen (secondary N) is 1. The average Bonchev–Trinajstić information content (AvgIpc) is 2.14. The molecule has 5 nitrogen and oxygen atoms in total. The van der Waals surface area contributed by atoms with E-state index in [1.807, 2.05) is 6.92 Å². The van der Waals surface area contributed by atoms with Crippen LogP contribution >= 0.6 is 0 Å². The van der Waals surface area contributed by atoms with Crippen molar-refractivity contribution in [2.45, 2.75) is 38.5 Å². The van der Waals surface area contributed by atoms with E-state index in [4.69, 9.17) is 5.11 Å². The van der Waals surface area contributed by atoms with Crippen molar-refractivity contribution in [3.05, 3.63) is 0 Å². The largest absolute Gasteiger partial charge is 0.480 e. The van der Waals surface area contributed by atoms with Gasteiger partial charge in [-0.3, -0.25) is 9.00 Å². The Morgan fingerprint density at radius 2 is 2.00 bits per heavy atom. The van der Waals surface area contributed by atoms with Gasteiger partial charge in [0.25, 0.3) is 0 Å². The van der Waals surface area contributed by atoms with Gasteiger partial charge in [-0.15, -0.1) is 0 Å². The minimum atomic E-state index is -1.23. The molecule has 0 aromatic carbocycles. The van der Waals surface area contributed by atoms with E-state index >= 15 is 0 Å². The second kappa shape index (κ2) is 6.55. The van der Waals surface area contributed by atoms with Crippen molar-refractivity contribution in [2.24, 2.45) is 0 Å². The summed E-state index contributed by atoms with van der Waals surface area (Å²) in [6.45, 7) is 4.92. The number of carboxylic acids is 1. The van der Waals surface area contributed by atoms with E-state index in [1.54, 1.807) is 6.92 Å². The minimum absolute atomic E-state index is 0.0378. The van der Waals surface area contributed by atoms with Crippen molar-refractivity contribution < 1.29 is 18.9 Å². The molecule has 0 aliphatic rings. The number of hydrogen-bond acceptors (Lipinski definition) is 3. The van der Waals surface area contributed by atoms with E-state index in [1.165, 1.54) is 6.92 Å². The van der Waals surface area contributed by atoms with Crippen LogP contribution in [0.3, 0.4) is 0 Å². The second-order valence-electron chi connectivity index (χ2n) is 3.36. The molecule has 3 unspecified atom stereocenters. The lowest BCUT2D eigenvalue weighted by Crippen LogP contribution is -2.44. The first-order valence-electron chi connectivity index (χ1n) is 4.75. The fourth-order valence-corrected chi connectivity index (χ4v) is 2.19. The number of amides is 1. The number of hydrogen-bond donors (Lipinski definition) is 2. The molecular weight excluding hydrogens is 218 g/mol. The van der Waals surface area contributed by atoms with Crippen LogP contribution in [-0.4, -0.2) is 38.2 Å². The molecule has 0 aliphatic carbocycles. The van der Waals surface area contributed by atoms with Gasteiger partial charge < -0.3 is 10.4 Å². The number of rotatable bonds is 6. The predicted octanol–water partition coefficient (Wildman–Crippen LogP) is 0.123. The molecule has 0 spiro atoms. The van der Waals surface area contributed by atoms with Gasteiger partial charge in [-0.2, -0.15) is 0 Å². The topological polar surface area (TPSA) is 83.5 Å². The van der Waals surface area contributed by atoms with Gasteiger partial charge in [0.2, 0.25) is 5.91 Å². The zero-order valence-corrected chi connectivity index (χ0v) is 9.97. The summed E-state index contributed by atoms with van der Waals surface area (Å²) in [7, 11) is -1.23. The number of carboxylic acid groups (broad SMARTS) is 1. The van der Waals surface area contributed by atoms with Gasteiger partial charge in [-0.05, 0) is 6.42 Å². The van der Waals surface area contributed by atoms with Gasteiger partial charge in [0.05, 0.1) is 5.75 Å². The molecule has 0 aromatic rings. The van der Waals surface area contributed by atoms with Crippen LogP contribution in [0.15, 0.2) is 0 Å². The van der Waals surface area contributed by atoms with Crippen LogP contribution < -0.4 is 5.32 Å². The maximum Gasteiger partial charge on any atom is 0.327 e. The van der Waals surface area contributed by atoms with Crippen molar-refractivity contribution in [1.82, 2.24) is 5.32 Å². The Bertz CT molecular complexity index is 267. The van der Waals surface area contributed by atoms with E-state index in [9.17, 15) is 13.8 Å². The van der Waals surface area contributed by atoms with Crippen LogP contribution in [0.5, 0.6) is 0 Å². The summed E-state index contributed by atoms with van der Waals surface area (Å²) in [6.07, 6.45) is 0.721. The normalized spacial score (nSPS) is 16.5. The molecule has 15 heavy (non-hydrogen) atoms. The molecule has 0 aliphatic heterocycles. The average molecular weight is 235 g/mol. The Labute approximate surface area is 91.7 Å². The monoisotopic (exact) mass is 235 g/mol. The predicted molar refractivity (Wildman–Crippen MR) is 58.0 cm³/mol. The van der Waals surface area contributed by atoms with Gasteiger partial charge >= 0.3 is 5.97 Å². The summed E-state index contributed by atoms with van der Waals surface area (Å²) < 4.78 is 11.6. The van der Waals surface area contributed by atoms with Crippen LogP contribution in [0, 0.1) is 0 Å². The van der Waals surface area contributed by atoms with E-state index in [-0.39, 0.29) is 11.0 Å². The Hall–Kier alpha value is -0.910. The van der Waals surface area contributed by atoms with Crippen LogP contribution in [0.4, 0.5) is 0 Å². The molecule has 0 heterocycles. The number of aliphatic carboxylic acids is 1. The van der Waals surface area contributed by atoms with Crippen molar-refractivity contribution in [3.63, 3.8) is 0 Å². The molecule has 0 rings (SSSR count). The molecule has 0 saturated heterocycles. The van der Waals surface area contributed by atoms with Gasteiger partial charge in [0.1, 0.15) is 6.04 Å². The van der Waals surface area contributed by atoms with Gasteiger partial charge in [-0.1, -0.05) is 13.8 Å². The van der Waals surface area contributed by atoms with Crippen molar-refractivity contribution in [1.29, 1.82) is 0 Å². The first kappa shape index (κ1) is 14.1. The van der Waals surface area contributed by atoms with Crippen molar-refractivity contribution in [3.8, 4) is 0 Å². The summed E-state index contributed by atoms with van der Waals surface area (Å²) in [5.74, 6) is -1.62. The SMILES string of the molecule is CCC(C)S(=O)CC(NC(C)=O)C(=O)O. The minimum Gasteiger partial charge on any atom is -0.480 e. The molecule has 0 aromatic heterocycles. The maximum atomic E-state index is 11.6. The Kier molecular flexibility index (Phi) is 6.15. The summed E-state index contributed by atoms with van der Waals surface area (Å²) >= 11 is 0. The first-order chi connectivity index (χ1) is 6.88. The fraction of sp³-hybridized carbons (Fsp3) is 0.778. The van der Waals surface area contributed by atoms with Crippen molar-refractivity contribution in [2.75, 3.05) is 5.75 Å². The first-order valence-corrected chi connectivity index (χ1v) is 6.13. The van der Waals surface area contributed by atoms with E-state index in [0.717, 1.165) is 6.42 Å². The molecular formula is C9H17NO4S. The highest BCUT2D eigenvalue weighted by Gasteiger charge is 2.23. The third kappa shape index (κ3) is 5.51. The number of carbonyl (C=O) groups excluding carboxylic acids is 1. The standard InChI is InChI=1S/C9H17NO4S/c1-4-6(2)15(14)5-8(9(12)13)10-7(3)11/h6,8H,4-5H2,1-3H3,(H,10,11)(H,12,13). The highest BCUT2D eigenvalue weighted by molar-refractivity contribution is 7.85. The molecule has 88 valence electrons. The summed E-state index contributed by atoms with van der Waals surface area (Å²) in [6, 6.07) is -1.06. The highest BCUT2D eigenvalue weighted by Crippen LogP contribution is 2.03. The Morgan fingerprint density at radius 3 is 2.33 bits per heavy atom. The van der Waals surface area contributed by atoms with Crippen molar-refractivity contribution >= 4 is 22.7 Å². The third-order valence-corrected chi connectivity index (χ3v) is 3.92. The summed E-state index contributed by atoms with van der Waals surface area (Å²) in [5.41, 5.74) is 0. The highest BCUT2D eigenvalue weighted by atomic mass is 32.2. The van der Waals surface area contributed by atoms with E-state index in [2.05, 4.69) is 5.32 Å². The molecule has 0 radical (unpaired) electrons. The quantitative estimate of drug-likeness (QED) is 0.685. The van der Waals surface area contributed by atoms with E-state index < -0.39 is 28.7 Å². The smallest absolute Gasteiger partial charge is 0.327 e. The molecule has 0 fully saturated rings. The lowest BCUT2D eigenvalue weighted by molar-refractivity contribution is -0.140. The molecule has 0 saturated carbocycles. The maximum absolute atomic E-state index is 11.6. The van der Waals surface area contributed by atoms with Gasteiger partial charge in [0.15, 0.2) is 0 Å².